The summed E-state index contributed by atoms with van der Waals surface area (Å²) in [4.78, 5) is 1.45. The largest absolute Gasteiger partial charge is 0.206 e. The summed E-state index contributed by atoms with van der Waals surface area (Å²) >= 11 is 1.36. The van der Waals surface area contributed by atoms with E-state index in [1.54, 1.807) is 12.1 Å². The van der Waals surface area contributed by atoms with E-state index in [9.17, 15) is 21.0 Å². The van der Waals surface area contributed by atoms with Crippen molar-refractivity contribution in [2.75, 3.05) is 0 Å². The first-order valence-corrected chi connectivity index (χ1v) is 13.8. The van der Waals surface area contributed by atoms with Crippen LogP contribution in [-0.4, -0.2) is 0 Å². The summed E-state index contributed by atoms with van der Waals surface area (Å²) in [6.07, 6.45) is 8.41. The van der Waals surface area contributed by atoms with Gasteiger partial charge in [0.2, 0.25) is 0 Å². The minimum absolute atomic E-state index is 0.0104. The van der Waals surface area contributed by atoms with E-state index in [4.69, 9.17) is 0 Å². The molecule has 41 heavy (non-hydrogen) atoms. The predicted octanol–water partition coefficient (Wildman–Crippen LogP) is 8.39. The summed E-state index contributed by atoms with van der Waals surface area (Å²) in [5.41, 5.74) is 9.02. The molecule has 1 heterocycles. The van der Waals surface area contributed by atoms with E-state index >= 15 is 4.39 Å². The average molecular weight is 545 g/mol. The van der Waals surface area contributed by atoms with Gasteiger partial charge in [-0.15, -0.1) is 17.9 Å². The molecule has 3 aliphatic carbocycles. The van der Waals surface area contributed by atoms with Crippen molar-refractivity contribution in [2.24, 2.45) is 0 Å². The molecular formula is C35H17FN4S. The van der Waals surface area contributed by atoms with Gasteiger partial charge in [-0.3, -0.25) is 0 Å². The van der Waals surface area contributed by atoms with Crippen LogP contribution < -0.4 is 0 Å². The molecule has 0 atom stereocenters. The van der Waals surface area contributed by atoms with Crippen LogP contribution in [-0.2, 0) is 12.8 Å². The van der Waals surface area contributed by atoms with Crippen LogP contribution in [0, 0.1) is 51.1 Å². The number of benzene rings is 3. The molecule has 6 heteroatoms. The van der Waals surface area contributed by atoms with E-state index < -0.39 is 5.82 Å². The zero-order valence-corrected chi connectivity index (χ0v) is 22.4. The molecule has 0 saturated carbocycles. The highest BCUT2D eigenvalue weighted by atomic mass is 32.1. The van der Waals surface area contributed by atoms with Gasteiger partial charge in [0.25, 0.3) is 0 Å². The topological polar surface area (TPSA) is 95.2 Å². The fraction of sp³-hybridized carbons (Fsp3) is 0.0857. The van der Waals surface area contributed by atoms with Crippen LogP contribution in [0.5, 0.6) is 0 Å². The number of fused-ring (bicyclic) bond motifs is 11. The van der Waals surface area contributed by atoms with E-state index in [1.165, 1.54) is 17.4 Å². The standard InChI is InChI=1S/C35H17FN4S/c1-2-7-18-12-25-28(19(14-37)15-38)34-32(30(25)23-10-5-3-8-21(18)23)33-31-24-11-6-4-9-22(24)27(36)13-26(31)29(35(33)41-34)20(16-39)17-40/h2-4,6,8-9,11-13H,1,5,7,10H2. The Morgan fingerprint density at radius 2 is 1.46 bits per heavy atom. The molecule has 0 radical (unpaired) electrons. The quantitative estimate of drug-likeness (QED) is 0.162. The second kappa shape index (κ2) is 9.01. The number of hydrogen-bond acceptors (Lipinski definition) is 5. The summed E-state index contributed by atoms with van der Waals surface area (Å²) in [6.45, 7) is 3.94. The Morgan fingerprint density at radius 1 is 0.854 bits per heavy atom. The number of hydrogen-bond donors (Lipinski definition) is 0. The maximum atomic E-state index is 15.4. The van der Waals surface area contributed by atoms with Crippen LogP contribution in [0.4, 0.5) is 4.39 Å². The highest BCUT2D eigenvalue weighted by molar-refractivity contribution is 7.16. The summed E-state index contributed by atoms with van der Waals surface area (Å²) in [5, 5.41) is 41.1. The Morgan fingerprint density at radius 3 is 2.10 bits per heavy atom. The molecule has 7 rings (SSSR count). The Bertz CT molecular complexity index is 2160. The normalized spacial score (nSPS) is 13.2. The molecule has 3 aromatic carbocycles. The number of thiophene rings is 1. The van der Waals surface area contributed by atoms with Crippen molar-refractivity contribution >= 4 is 39.3 Å². The fourth-order valence-corrected chi connectivity index (χ4v) is 8.04. The zero-order chi connectivity index (χ0) is 28.4. The zero-order valence-electron chi connectivity index (χ0n) is 21.6. The van der Waals surface area contributed by atoms with Crippen molar-refractivity contribution in [3.05, 3.63) is 110 Å². The number of allylic oxidation sites excluding steroid dienone is 4. The maximum Gasteiger partial charge on any atom is 0.138 e. The lowest BCUT2D eigenvalue weighted by molar-refractivity contribution is 0.639. The molecule has 190 valence electrons. The molecule has 0 aliphatic heterocycles. The van der Waals surface area contributed by atoms with Crippen molar-refractivity contribution in [1.82, 2.24) is 0 Å². The average Bonchev–Trinajstić information content (AvgIpc) is 3.61. The molecule has 3 aliphatic rings. The lowest BCUT2D eigenvalue weighted by Crippen LogP contribution is -2.03. The second-order valence-electron chi connectivity index (χ2n) is 10.1. The molecule has 4 aromatic rings. The SMILES string of the molecule is C=CCc1cc2c(c3c1C=CCC3)-c1c(sc3c1-c1c(cc(F)c4ccccc14)C3=C(C#N)C#N)C2=C(C#N)C#N. The third-order valence-corrected chi connectivity index (χ3v) is 9.34. The van der Waals surface area contributed by atoms with Crippen molar-refractivity contribution in [3.8, 4) is 46.5 Å². The molecule has 0 amide bonds. The lowest BCUT2D eigenvalue weighted by Gasteiger charge is -2.20. The van der Waals surface area contributed by atoms with E-state index in [2.05, 4.69) is 36.9 Å². The Hall–Kier alpha value is -5.53. The Kier molecular flexibility index (Phi) is 5.38. The second-order valence-corrected chi connectivity index (χ2v) is 11.1. The van der Waals surface area contributed by atoms with E-state index in [1.807, 2.05) is 30.3 Å². The first-order chi connectivity index (χ1) is 20.1. The van der Waals surface area contributed by atoms with Crippen LogP contribution in [0.25, 0.3) is 50.2 Å². The minimum atomic E-state index is -0.423. The van der Waals surface area contributed by atoms with E-state index in [0.717, 1.165) is 62.2 Å². The van der Waals surface area contributed by atoms with Gasteiger partial charge in [0.05, 0.1) is 0 Å². The van der Waals surface area contributed by atoms with Gasteiger partial charge >= 0.3 is 0 Å². The van der Waals surface area contributed by atoms with Gasteiger partial charge in [0.1, 0.15) is 41.2 Å². The van der Waals surface area contributed by atoms with Crippen LogP contribution in [0.3, 0.4) is 0 Å². The first-order valence-electron chi connectivity index (χ1n) is 13.0. The fourth-order valence-electron chi connectivity index (χ4n) is 6.59. The van der Waals surface area contributed by atoms with Gasteiger partial charge in [-0.25, -0.2) is 4.39 Å². The predicted molar refractivity (Wildman–Crippen MR) is 158 cm³/mol. The molecule has 0 saturated heterocycles. The monoisotopic (exact) mass is 544 g/mol. The Balaban J connectivity index is 1.73. The van der Waals surface area contributed by atoms with Gasteiger partial charge < -0.3 is 0 Å². The number of halogens is 1. The molecule has 0 unspecified atom stereocenters. The van der Waals surface area contributed by atoms with Crippen LogP contribution in [0.2, 0.25) is 0 Å². The van der Waals surface area contributed by atoms with Crippen LogP contribution in [0.15, 0.2) is 66.3 Å². The van der Waals surface area contributed by atoms with Crippen molar-refractivity contribution in [1.29, 1.82) is 21.0 Å². The molecule has 0 N–H and O–H groups in total. The smallest absolute Gasteiger partial charge is 0.138 e. The van der Waals surface area contributed by atoms with Gasteiger partial charge in [-0.1, -0.05) is 42.5 Å². The van der Waals surface area contributed by atoms with E-state index in [-0.39, 0.29) is 11.1 Å². The van der Waals surface area contributed by atoms with Crippen molar-refractivity contribution in [3.63, 3.8) is 0 Å². The molecule has 0 spiro atoms. The minimum Gasteiger partial charge on any atom is -0.206 e. The van der Waals surface area contributed by atoms with E-state index in [0.29, 0.717) is 38.8 Å². The van der Waals surface area contributed by atoms with Gasteiger partial charge in [-0.2, -0.15) is 21.0 Å². The van der Waals surface area contributed by atoms with Crippen LogP contribution >= 0.6 is 11.3 Å². The molecule has 0 bridgehead atoms. The highest BCUT2D eigenvalue weighted by Gasteiger charge is 2.42. The third kappa shape index (κ3) is 3.15. The summed E-state index contributed by atoms with van der Waals surface area (Å²) < 4.78 is 15.4. The van der Waals surface area contributed by atoms with Gasteiger partial charge in [0, 0.05) is 37.4 Å². The molecule has 4 nitrogen and oxygen atoms in total. The van der Waals surface area contributed by atoms with Gasteiger partial charge in [0.15, 0.2) is 0 Å². The summed E-state index contributed by atoms with van der Waals surface area (Å²) in [6, 6.07) is 19.0. The highest BCUT2D eigenvalue weighted by Crippen LogP contribution is 2.63. The first kappa shape index (κ1) is 24.5. The maximum absolute atomic E-state index is 15.4. The number of nitriles is 4. The van der Waals surface area contributed by atoms with Gasteiger partial charge in [-0.05, 0) is 75.7 Å². The molecule has 0 fully saturated rings. The number of rotatable bonds is 2. The summed E-state index contributed by atoms with van der Waals surface area (Å²) in [7, 11) is 0. The lowest BCUT2D eigenvalue weighted by atomic mass is 9.83. The third-order valence-electron chi connectivity index (χ3n) is 8.11. The van der Waals surface area contributed by atoms with Crippen LogP contribution in [0.1, 0.15) is 44.0 Å². The summed E-state index contributed by atoms with van der Waals surface area (Å²) in [5.74, 6) is -0.423. The molecule has 1 aromatic heterocycles. The Labute approximate surface area is 239 Å². The molecular weight excluding hydrogens is 527 g/mol. The van der Waals surface area contributed by atoms with Crippen molar-refractivity contribution in [2.45, 2.75) is 19.3 Å². The van der Waals surface area contributed by atoms with Crippen molar-refractivity contribution < 1.29 is 4.39 Å². The number of nitrogens with zero attached hydrogens (tertiary/aromatic N) is 4.